The molecule has 0 fully saturated rings. The summed E-state index contributed by atoms with van der Waals surface area (Å²) in [5, 5.41) is 0. The Morgan fingerprint density at radius 2 is 1.31 bits per heavy atom. The van der Waals surface area contributed by atoms with Crippen LogP contribution in [0.1, 0.15) is 40.0 Å². The zero-order valence-corrected chi connectivity index (χ0v) is 9.95. The first kappa shape index (κ1) is 13.2. The molecule has 0 aromatic heterocycles. The van der Waals surface area contributed by atoms with Crippen LogP contribution in [0, 0.1) is 5.41 Å². The van der Waals surface area contributed by atoms with Crippen molar-refractivity contribution in [1.82, 2.24) is 0 Å². The second-order valence-corrected chi connectivity index (χ2v) is 4.33. The zero-order valence-electron chi connectivity index (χ0n) is 8.54. The van der Waals surface area contributed by atoms with Crippen molar-refractivity contribution in [1.29, 1.82) is 0 Å². The van der Waals surface area contributed by atoms with Crippen molar-refractivity contribution in [3.63, 3.8) is 0 Å². The Kier molecular flexibility index (Phi) is 4.71. The molecular weight excluding hydrogens is 196 g/mol. The quantitative estimate of drug-likeness (QED) is 0.626. The molecule has 13 heavy (non-hydrogen) atoms. The molecule has 0 saturated carbocycles. The number of halogens is 3. The van der Waals surface area contributed by atoms with Gasteiger partial charge in [-0.05, 0) is 28.5 Å². The van der Waals surface area contributed by atoms with Crippen LogP contribution >= 0.6 is 9.24 Å². The average Bonchev–Trinajstić information content (AvgIpc) is 2.07. The van der Waals surface area contributed by atoms with E-state index in [1.165, 1.54) is 0 Å². The van der Waals surface area contributed by atoms with Gasteiger partial charge in [-0.2, -0.15) is 13.2 Å². The van der Waals surface area contributed by atoms with Gasteiger partial charge in [0.15, 0.2) is 5.66 Å². The van der Waals surface area contributed by atoms with E-state index < -0.39 is 17.3 Å². The summed E-state index contributed by atoms with van der Waals surface area (Å²) in [6, 6.07) is 0. The Balaban J connectivity index is 4.73. The highest BCUT2D eigenvalue weighted by atomic mass is 31.0. The molecule has 0 aliphatic heterocycles. The first-order valence-electron chi connectivity index (χ1n) is 4.73. The molecule has 2 unspecified atom stereocenters. The van der Waals surface area contributed by atoms with Gasteiger partial charge in [0.1, 0.15) is 0 Å². The highest BCUT2D eigenvalue weighted by molar-refractivity contribution is 7.17. The summed E-state index contributed by atoms with van der Waals surface area (Å²) >= 11 is 0. The second-order valence-electron chi connectivity index (χ2n) is 3.52. The third-order valence-corrected chi connectivity index (χ3v) is 4.58. The summed E-state index contributed by atoms with van der Waals surface area (Å²) in [4.78, 5) is 0. The highest BCUT2D eigenvalue weighted by Gasteiger charge is 2.51. The van der Waals surface area contributed by atoms with Crippen LogP contribution in [0.3, 0.4) is 0 Å². The van der Waals surface area contributed by atoms with Gasteiger partial charge in [0, 0.05) is 5.41 Å². The van der Waals surface area contributed by atoms with Crippen LogP contribution in [0.2, 0.25) is 0 Å². The van der Waals surface area contributed by atoms with E-state index in [0.717, 1.165) is 9.24 Å². The van der Waals surface area contributed by atoms with Crippen molar-refractivity contribution < 1.29 is 13.2 Å². The largest absolute Gasteiger partial charge is 0.424 e. The molecule has 0 aliphatic carbocycles. The molecule has 0 bridgehead atoms. The molecule has 0 spiro atoms. The Labute approximate surface area is 80.5 Å². The lowest BCUT2D eigenvalue weighted by Gasteiger charge is -2.34. The van der Waals surface area contributed by atoms with Gasteiger partial charge in [-0.3, -0.25) is 0 Å². The van der Waals surface area contributed by atoms with Crippen LogP contribution in [0.15, 0.2) is 0 Å². The van der Waals surface area contributed by atoms with Crippen LogP contribution in [0.4, 0.5) is 13.2 Å². The maximum atomic E-state index is 12.5. The van der Waals surface area contributed by atoms with Crippen molar-refractivity contribution in [3.8, 4) is 0 Å². The normalized spacial score (nSPS) is 16.2. The van der Waals surface area contributed by atoms with Crippen molar-refractivity contribution in [2.24, 2.45) is 5.41 Å². The lowest BCUT2D eigenvalue weighted by Crippen LogP contribution is -2.40. The molecular formula is C9H19F3P+. The number of alkyl halides is 3. The van der Waals surface area contributed by atoms with Crippen LogP contribution in [-0.4, -0.2) is 11.8 Å². The predicted molar refractivity (Wildman–Crippen MR) is 54.3 cm³/mol. The first-order chi connectivity index (χ1) is 5.84. The number of hydrogen-bond donors (Lipinski definition) is 0. The monoisotopic (exact) mass is 215 g/mol. The van der Waals surface area contributed by atoms with Crippen molar-refractivity contribution in [2.75, 3.05) is 0 Å². The molecule has 0 amide bonds. The third kappa shape index (κ3) is 2.83. The van der Waals surface area contributed by atoms with Crippen LogP contribution in [-0.2, 0) is 0 Å². The van der Waals surface area contributed by atoms with E-state index in [1.54, 1.807) is 0 Å². The maximum absolute atomic E-state index is 12.5. The van der Waals surface area contributed by atoms with Gasteiger partial charge in [0.2, 0.25) is 0 Å². The Morgan fingerprint density at radius 1 is 1.00 bits per heavy atom. The van der Waals surface area contributed by atoms with Crippen LogP contribution in [0.5, 0.6) is 0 Å². The molecule has 0 aromatic carbocycles. The van der Waals surface area contributed by atoms with E-state index in [1.807, 2.05) is 20.8 Å². The van der Waals surface area contributed by atoms with Gasteiger partial charge in [-0.1, -0.05) is 20.8 Å². The standard InChI is InChI=1S/C9H18F3P/c1-4-8(5-2,6-3)7(13)9(10,11)12/h7H,4-6,13H2,1-3H3/p+1. The van der Waals surface area contributed by atoms with E-state index in [-0.39, 0.29) is 0 Å². The summed E-state index contributed by atoms with van der Waals surface area (Å²) in [7, 11) is 1.08. The van der Waals surface area contributed by atoms with Gasteiger partial charge >= 0.3 is 6.18 Å². The van der Waals surface area contributed by atoms with Gasteiger partial charge in [-0.15, -0.1) is 0 Å². The summed E-state index contributed by atoms with van der Waals surface area (Å²) in [5.74, 6) is 0. The number of rotatable bonds is 4. The minimum Gasteiger partial charge on any atom is -0.167 e. The average molecular weight is 215 g/mol. The summed E-state index contributed by atoms with van der Waals surface area (Å²) in [5.41, 5.74) is -1.71. The second kappa shape index (κ2) is 4.63. The molecule has 0 nitrogen and oxygen atoms in total. The third-order valence-electron chi connectivity index (χ3n) is 3.25. The molecule has 0 aliphatic rings. The molecule has 0 heterocycles. The van der Waals surface area contributed by atoms with Crippen LogP contribution in [0.25, 0.3) is 0 Å². The van der Waals surface area contributed by atoms with Crippen LogP contribution < -0.4 is 0 Å². The van der Waals surface area contributed by atoms with Gasteiger partial charge in [-0.25, -0.2) is 0 Å². The van der Waals surface area contributed by atoms with E-state index in [2.05, 4.69) is 0 Å². The van der Waals surface area contributed by atoms with E-state index in [0.29, 0.717) is 19.3 Å². The van der Waals surface area contributed by atoms with E-state index in [9.17, 15) is 13.2 Å². The van der Waals surface area contributed by atoms with Gasteiger partial charge < -0.3 is 0 Å². The van der Waals surface area contributed by atoms with Crippen molar-refractivity contribution in [2.45, 2.75) is 51.9 Å². The lowest BCUT2D eigenvalue weighted by atomic mass is 9.76. The molecule has 2 atom stereocenters. The lowest BCUT2D eigenvalue weighted by molar-refractivity contribution is -0.153. The summed E-state index contributed by atoms with van der Waals surface area (Å²) in [6.07, 6.45) is -2.23. The predicted octanol–water partition coefficient (Wildman–Crippen LogP) is 3.74. The van der Waals surface area contributed by atoms with Gasteiger partial charge in [0.05, 0.1) is 0 Å². The molecule has 0 aromatic rings. The molecule has 4 heteroatoms. The topological polar surface area (TPSA) is 0 Å². The highest BCUT2D eigenvalue weighted by Crippen LogP contribution is 2.46. The fraction of sp³-hybridized carbons (Fsp3) is 1.00. The maximum Gasteiger partial charge on any atom is 0.424 e. The minimum atomic E-state index is -4.04. The fourth-order valence-electron chi connectivity index (χ4n) is 1.84. The molecule has 0 N–H and O–H groups in total. The Morgan fingerprint density at radius 3 is 1.38 bits per heavy atom. The fourth-order valence-corrected chi connectivity index (χ4v) is 2.70. The van der Waals surface area contributed by atoms with Crippen molar-refractivity contribution in [3.05, 3.63) is 0 Å². The molecule has 0 saturated heterocycles. The zero-order chi connectivity index (χ0) is 10.7. The summed E-state index contributed by atoms with van der Waals surface area (Å²) in [6.45, 7) is 5.54. The summed E-state index contributed by atoms with van der Waals surface area (Å²) < 4.78 is 37.5. The molecule has 0 rings (SSSR count). The Hall–Kier alpha value is 0.220. The minimum absolute atomic E-state index is 0.545. The van der Waals surface area contributed by atoms with Gasteiger partial charge in [0.25, 0.3) is 0 Å². The first-order valence-corrected chi connectivity index (χ1v) is 5.55. The Bertz CT molecular complexity index is 141. The van der Waals surface area contributed by atoms with E-state index in [4.69, 9.17) is 0 Å². The number of hydrogen-bond acceptors (Lipinski definition) is 0. The molecule has 0 radical (unpaired) electrons. The van der Waals surface area contributed by atoms with E-state index >= 15 is 0 Å². The molecule has 80 valence electrons. The smallest absolute Gasteiger partial charge is 0.167 e. The SMILES string of the molecule is CCC(CC)(CC)C([PH3+])C(F)(F)F. The van der Waals surface area contributed by atoms with Crippen molar-refractivity contribution >= 4 is 9.24 Å².